The highest BCUT2D eigenvalue weighted by atomic mass is 32.2. The van der Waals surface area contributed by atoms with Crippen molar-refractivity contribution in [2.75, 3.05) is 0 Å². The molecule has 2 aromatic heterocycles. The Hall–Kier alpha value is -3.51. The summed E-state index contributed by atoms with van der Waals surface area (Å²) in [4.78, 5) is 49.3. The molecule has 2 N–H and O–H groups in total. The molecule has 3 aromatic rings. The van der Waals surface area contributed by atoms with Gasteiger partial charge in [-0.15, -0.1) is 11.3 Å². The van der Waals surface area contributed by atoms with Crippen LogP contribution in [0.2, 0.25) is 0 Å². The number of nitro benzene ring substituents is 1. The van der Waals surface area contributed by atoms with Crippen molar-refractivity contribution in [1.82, 2.24) is 15.6 Å². The van der Waals surface area contributed by atoms with Crippen LogP contribution in [0.5, 0.6) is 0 Å². The van der Waals surface area contributed by atoms with Gasteiger partial charge in [0.1, 0.15) is 11.3 Å². The Bertz CT molecular complexity index is 1170. The first-order chi connectivity index (χ1) is 13.4. The van der Waals surface area contributed by atoms with Crippen molar-refractivity contribution in [2.24, 2.45) is 0 Å². The van der Waals surface area contributed by atoms with Crippen LogP contribution in [0.3, 0.4) is 0 Å². The van der Waals surface area contributed by atoms with Gasteiger partial charge in [-0.1, -0.05) is 0 Å². The molecule has 0 atom stereocenters. The molecule has 1 fully saturated rings. The van der Waals surface area contributed by atoms with Gasteiger partial charge in [0, 0.05) is 12.1 Å². The Labute approximate surface area is 163 Å². The molecule has 0 bridgehead atoms. The summed E-state index contributed by atoms with van der Waals surface area (Å²) >= 11 is 2.47. The summed E-state index contributed by atoms with van der Waals surface area (Å²) in [7, 11) is 0. The van der Waals surface area contributed by atoms with E-state index in [-0.39, 0.29) is 17.0 Å². The number of fused-ring (bicyclic) bond motifs is 1. The highest BCUT2D eigenvalue weighted by Crippen LogP contribution is 2.36. The summed E-state index contributed by atoms with van der Waals surface area (Å²) in [6.45, 7) is 0. The van der Waals surface area contributed by atoms with E-state index in [1.165, 1.54) is 41.3 Å². The largest absolute Gasteiger partial charge is 0.450 e. The molecule has 1 aliphatic heterocycles. The van der Waals surface area contributed by atoms with Crippen molar-refractivity contribution >= 4 is 62.9 Å². The average molecular weight is 416 g/mol. The van der Waals surface area contributed by atoms with Crippen LogP contribution in [-0.4, -0.2) is 27.8 Å². The van der Waals surface area contributed by atoms with E-state index in [9.17, 15) is 24.5 Å². The van der Waals surface area contributed by atoms with E-state index >= 15 is 0 Å². The predicted molar refractivity (Wildman–Crippen MR) is 98.8 cm³/mol. The Morgan fingerprint density at radius 3 is 2.61 bits per heavy atom. The van der Waals surface area contributed by atoms with E-state index in [0.29, 0.717) is 19.6 Å². The van der Waals surface area contributed by atoms with Crippen molar-refractivity contribution in [3.63, 3.8) is 0 Å². The molecule has 28 heavy (non-hydrogen) atoms. The number of hydrogen-bond acceptors (Lipinski definition) is 9. The Kier molecular flexibility index (Phi) is 4.41. The number of carbonyl (C=O) groups excluding carboxylic acids is 3. The fourth-order valence-corrected chi connectivity index (χ4v) is 4.35. The summed E-state index contributed by atoms with van der Waals surface area (Å²) in [5.74, 6) is -1.38. The van der Waals surface area contributed by atoms with E-state index in [1.807, 2.05) is 10.6 Å². The zero-order valence-electron chi connectivity index (χ0n) is 13.6. The van der Waals surface area contributed by atoms with Crippen LogP contribution in [0.1, 0.15) is 5.76 Å². The summed E-state index contributed by atoms with van der Waals surface area (Å²) in [5.41, 5.74) is 0.368. The number of imide groups is 2. The maximum atomic E-state index is 11.7. The topological polar surface area (TPSA) is 144 Å². The van der Waals surface area contributed by atoms with Crippen LogP contribution in [-0.2, 0) is 9.59 Å². The van der Waals surface area contributed by atoms with Crippen LogP contribution in [0, 0.1) is 10.1 Å². The van der Waals surface area contributed by atoms with Crippen molar-refractivity contribution in [2.45, 2.75) is 9.43 Å². The van der Waals surface area contributed by atoms with Gasteiger partial charge < -0.3 is 4.42 Å². The molecule has 1 aliphatic rings. The molecule has 1 saturated heterocycles. The number of non-ortho nitro benzene ring substituents is 1. The Balaban J connectivity index is 1.55. The van der Waals surface area contributed by atoms with E-state index in [0.717, 1.165) is 0 Å². The molecular formula is C16H8N4O6S2. The highest BCUT2D eigenvalue weighted by Gasteiger charge is 2.28. The van der Waals surface area contributed by atoms with Crippen LogP contribution in [0.25, 0.3) is 16.3 Å². The second-order valence-corrected chi connectivity index (χ2v) is 7.73. The second-order valence-electron chi connectivity index (χ2n) is 5.44. The van der Waals surface area contributed by atoms with Gasteiger partial charge in [0.15, 0.2) is 9.43 Å². The van der Waals surface area contributed by atoms with Gasteiger partial charge in [-0.2, -0.15) is 0 Å². The number of rotatable bonds is 4. The number of furan rings is 1. The number of thiazole rings is 1. The van der Waals surface area contributed by atoms with E-state index < -0.39 is 22.8 Å². The first-order valence-corrected chi connectivity index (χ1v) is 9.23. The summed E-state index contributed by atoms with van der Waals surface area (Å²) < 4.78 is 6.86. The molecular weight excluding hydrogens is 408 g/mol. The molecule has 4 amide bonds. The maximum Gasteiger partial charge on any atom is 0.328 e. The molecule has 0 radical (unpaired) electrons. The van der Waals surface area contributed by atoms with Crippen molar-refractivity contribution in [3.8, 4) is 0 Å². The molecule has 1 aromatic carbocycles. The fraction of sp³-hybridized carbons (Fsp3) is 0. The number of carbonyl (C=O) groups is 3. The second kappa shape index (κ2) is 6.90. The van der Waals surface area contributed by atoms with Crippen molar-refractivity contribution < 1.29 is 23.7 Å². The van der Waals surface area contributed by atoms with Crippen molar-refractivity contribution in [3.05, 3.63) is 51.8 Å². The molecule has 0 aliphatic carbocycles. The molecule has 0 unspecified atom stereocenters. The Morgan fingerprint density at radius 2 is 1.89 bits per heavy atom. The number of urea groups is 1. The van der Waals surface area contributed by atoms with Crippen LogP contribution in [0.4, 0.5) is 10.5 Å². The fourth-order valence-electron chi connectivity index (χ4n) is 2.35. The van der Waals surface area contributed by atoms with Gasteiger partial charge in [-0.05, 0) is 36.0 Å². The zero-order valence-corrected chi connectivity index (χ0v) is 15.3. The monoisotopic (exact) mass is 416 g/mol. The highest BCUT2D eigenvalue weighted by molar-refractivity contribution is 8.01. The van der Waals surface area contributed by atoms with E-state index in [1.54, 1.807) is 18.2 Å². The third kappa shape index (κ3) is 3.50. The number of nitrogens with zero attached hydrogens (tertiary/aromatic N) is 2. The van der Waals surface area contributed by atoms with Gasteiger partial charge in [-0.3, -0.25) is 30.3 Å². The van der Waals surface area contributed by atoms with Crippen LogP contribution in [0.15, 0.2) is 49.8 Å². The van der Waals surface area contributed by atoms with Gasteiger partial charge >= 0.3 is 6.03 Å². The zero-order chi connectivity index (χ0) is 19.8. The van der Waals surface area contributed by atoms with Gasteiger partial charge in [0.05, 0.1) is 15.1 Å². The van der Waals surface area contributed by atoms with Crippen LogP contribution >= 0.6 is 23.1 Å². The number of barbiturate groups is 1. The summed E-state index contributed by atoms with van der Waals surface area (Å²) in [6.07, 6.45) is 1.23. The lowest BCUT2D eigenvalue weighted by Crippen LogP contribution is -2.51. The minimum Gasteiger partial charge on any atom is -0.450 e. The molecule has 3 heterocycles. The molecule has 0 saturated carbocycles. The smallest absolute Gasteiger partial charge is 0.328 e. The minimum absolute atomic E-state index is 0.0119. The third-order valence-electron chi connectivity index (χ3n) is 3.58. The first kappa shape index (κ1) is 17.9. The molecule has 140 valence electrons. The molecule has 4 rings (SSSR count). The van der Waals surface area contributed by atoms with Gasteiger partial charge in [-0.25, -0.2) is 9.78 Å². The number of aromatic nitrogens is 1. The average Bonchev–Trinajstić information content (AvgIpc) is 3.23. The lowest BCUT2D eigenvalue weighted by molar-refractivity contribution is -0.384. The van der Waals surface area contributed by atoms with Crippen molar-refractivity contribution in [1.29, 1.82) is 0 Å². The summed E-state index contributed by atoms with van der Waals surface area (Å²) in [6, 6.07) is 6.74. The van der Waals surface area contributed by atoms with Gasteiger partial charge in [0.2, 0.25) is 0 Å². The Morgan fingerprint density at radius 1 is 1.14 bits per heavy atom. The first-order valence-electron chi connectivity index (χ1n) is 7.60. The minimum atomic E-state index is -0.876. The normalized spacial score (nSPS) is 14.1. The maximum absolute atomic E-state index is 11.7. The number of nitrogens with one attached hydrogen (secondary N) is 2. The number of amides is 4. The predicted octanol–water partition coefficient (Wildman–Crippen LogP) is 2.70. The van der Waals surface area contributed by atoms with Gasteiger partial charge in [0.25, 0.3) is 17.5 Å². The number of hydrogen-bond donors (Lipinski definition) is 2. The lowest BCUT2D eigenvalue weighted by atomic mass is 10.1. The number of nitro groups is 1. The molecule has 10 nitrogen and oxygen atoms in total. The number of benzene rings is 1. The standard InChI is InChI=1S/C16H8N4O6S2/c21-13-9(14(22)19-15(23)18-13)6-8-2-4-12(26-8)28-16-17-10-3-1-7(20(24)25)5-11(10)27-16/h1-6H,(H2,18,19,21,22,23). The lowest BCUT2D eigenvalue weighted by Gasteiger charge is -2.13. The van der Waals surface area contributed by atoms with Crippen LogP contribution < -0.4 is 10.6 Å². The third-order valence-corrected chi connectivity index (χ3v) is 5.58. The van der Waals surface area contributed by atoms with E-state index in [4.69, 9.17) is 4.42 Å². The quantitative estimate of drug-likeness (QED) is 0.286. The molecule has 12 heteroatoms. The van der Waals surface area contributed by atoms with E-state index in [2.05, 4.69) is 4.98 Å². The SMILES string of the molecule is O=C1NC(=O)C(=Cc2ccc(Sc3nc4ccc([N+](=O)[O-])cc4s3)o2)C(=O)N1. The molecule has 0 spiro atoms. The summed E-state index contributed by atoms with van der Waals surface area (Å²) in [5, 5.41) is 15.3.